The second-order valence-corrected chi connectivity index (χ2v) is 13.3. The molecule has 0 unspecified atom stereocenters. The summed E-state index contributed by atoms with van der Waals surface area (Å²) in [5.41, 5.74) is 0.412. The standard InChI is InChI=1S/C34H72N2/c1-8-11-14-17-20-23-26-29-32(35-33(4,5)30-27-24-21-18-15-12-9-2)36-34(6,7)31-28-25-22-19-16-13-10-3/h32,35-36H,8-31H2,1-7H3. The van der Waals surface area contributed by atoms with E-state index in [0.29, 0.717) is 6.17 Å². The average Bonchev–Trinajstić information content (AvgIpc) is 2.81. The molecule has 2 nitrogen and oxygen atoms in total. The van der Waals surface area contributed by atoms with Crippen LogP contribution in [0, 0.1) is 0 Å². The van der Waals surface area contributed by atoms with Crippen molar-refractivity contribution in [2.45, 2.75) is 220 Å². The maximum atomic E-state index is 4.09. The first-order valence-corrected chi connectivity index (χ1v) is 16.8. The molecule has 0 aliphatic heterocycles. The molecule has 218 valence electrons. The van der Waals surface area contributed by atoms with E-state index in [0.717, 1.165) is 0 Å². The number of hydrogen-bond donors (Lipinski definition) is 2. The Balaban J connectivity index is 4.55. The Morgan fingerprint density at radius 3 is 1.00 bits per heavy atom. The summed E-state index contributed by atoms with van der Waals surface area (Å²) in [7, 11) is 0. The molecule has 0 fully saturated rings. The highest BCUT2D eigenvalue weighted by atomic mass is 15.2. The summed E-state index contributed by atoms with van der Waals surface area (Å²) >= 11 is 0. The zero-order chi connectivity index (χ0) is 27.0. The molecule has 0 aromatic rings. The van der Waals surface area contributed by atoms with E-state index in [2.05, 4.69) is 59.1 Å². The lowest BCUT2D eigenvalue weighted by molar-refractivity contribution is 0.209. The average molecular weight is 509 g/mol. The molecular formula is C34H72N2. The van der Waals surface area contributed by atoms with Gasteiger partial charge in [0.2, 0.25) is 0 Å². The number of hydrogen-bond acceptors (Lipinski definition) is 2. The fourth-order valence-electron chi connectivity index (χ4n) is 5.62. The van der Waals surface area contributed by atoms with E-state index in [1.54, 1.807) is 0 Å². The SMILES string of the molecule is CCCCCCCCCC(NC(C)(C)CCCCCCCCC)NC(C)(C)CCCCCCCCC. The minimum Gasteiger partial charge on any atom is -0.297 e. The topological polar surface area (TPSA) is 24.1 Å². The molecule has 0 aliphatic rings. The zero-order valence-corrected chi connectivity index (χ0v) is 26.5. The Bertz CT molecular complexity index is 410. The fourth-order valence-corrected chi connectivity index (χ4v) is 5.62. The van der Waals surface area contributed by atoms with Crippen LogP contribution >= 0.6 is 0 Å². The van der Waals surface area contributed by atoms with Gasteiger partial charge >= 0.3 is 0 Å². The minimum atomic E-state index is 0.206. The Labute approximate surface area is 230 Å². The normalized spacial score (nSPS) is 12.7. The predicted octanol–water partition coefficient (Wildman–Crippen LogP) is 11.5. The van der Waals surface area contributed by atoms with Gasteiger partial charge in [-0.3, -0.25) is 10.6 Å². The Morgan fingerprint density at radius 1 is 0.389 bits per heavy atom. The van der Waals surface area contributed by atoms with Gasteiger partial charge in [0.25, 0.3) is 0 Å². The fraction of sp³-hybridized carbons (Fsp3) is 1.00. The van der Waals surface area contributed by atoms with Crippen LogP contribution in [0.1, 0.15) is 203 Å². The molecule has 0 saturated carbocycles. The second-order valence-electron chi connectivity index (χ2n) is 13.3. The molecule has 2 heteroatoms. The van der Waals surface area contributed by atoms with Gasteiger partial charge in [-0.2, -0.15) is 0 Å². The van der Waals surface area contributed by atoms with E-state index in [1.807, 2.05) is 0 Å². The third-order valence-corrected chi connectivity index (χ3v) is 8.04. The van der Waals surface area contributed by atoms with Crippen LogP contribution in [0.25, 0.3) is 0 Å². The quantitative estimate of drug-likeness (QED) is 0.0810. The Hall–Kier alpha value is -0.0800. The van der Waals surface area contributed by atoms with Gasteiger partial charge in [-0.1, -0.05) is 156 Å². The highest BCUT2D eigenvalue weighted by Gasteiger charge is 2.26. The van der Waals surface area contributed by atoms with Crippen LogP contribution in [0.4, 0.5) is 0 Å². The Kier molecular flexibility index (Phi) is 23.9. The highest BCUT2D eigenvalue weighted by molar-refractivity contribution is 4.87. The van der Waals surface area contributed by atoms with Crippen molar-refractivity contribution in [2.75, 3.05) is 0 Å². The van der Waals surface area contributed by atoms with E-state index in [9.17, 15) is 0 Å². The van der Waals surface area contributed by atoms with Crippen molar-refractivity contribution in [2.24, 2.45) is 0 Å². The first-order valence-electron chi connectivity index (χ1n) is 16.8. The van der Waals surface area contributed by atoms with E-state index >= 15 is 0 Å². The molecule has 0 aromatic carbocycles. The summed E-state index contributed by atoms with van der Waals surface area (Å²) in [4.78, 5) is 0. The third kappa shape index (κ3) is 24.3. The molecule has 0 aliphatic carbocycles. The van der Waals surface area contributed by atoms with Crippen LogP contribution < -0.4 is 10.6 Å². The molecule has 0 atom stereocenters. The van der Waals surface area contributed by atoms with Crippen molar-refractivity contribution in [1.82, 2.24) is 10.6 Å². The smallest absolute Gasteiger partial charge is 0.0579 e. The lowest BCUT2D eigenvalue weighted by atomic mass is 9.93. The monoisotopic (exact) mass is 509 g/mol. The van der Waals surface area contributed by atoms with Crippen molar-refractivity contribution >= 4 is 0 Å². The predicted molar refractivity (Wildman–Crippen MR) is 166 cm³/mol. The van der Waals surface area contributed by atoms with Gasteiger partial charge in [0, 0.05) is 11.1 Å². The molecule has 2 N–H and O–H groups in total. The lowest BCUT2D eigenvalue weighted by Gasteiger charge is -2.38. The van der Waals surface area contributed by atoms with Gasteiger partial charge in [0.05, 0.1) is 6.17 Å². The van der Waals surface area contributed by atoms with Crippen LogP contribution in [0.2, 0.25) is 0 Å². The molecule has 0 spiro atoms. The molecule has 0 bridgehead atoms. The highest BCUT2D eigenvalue weighted by Crippen LogP contribution is 2.21. The van der Waals surface area contributed by atoms with Crippen LogP contribution in [-0.4, -0.2) is 17.2 Å². The van der Waals surface area contributed by atoms with Gasteiger partial charge in [-0.05, 0) is 47.0 Å². The molecule has 0 amide bonds. The van der Waals surface area contributed by atoms with E-state index < -0.39 is 0 Å². The molecule has 36 heavy (non-hydrogen) atoms. The molecule has 0 aromatic heterocycles. The van der Waals surface area contributed by atoms with Crippen LogP contribution in [0.5, 0.6) is 0 Å². The van der Waals surface area contributed by atoms with Crippen molar-refractivity contribution in [1.29, 1.82) is 0 Å². The summed E-state index contributed by atoms with van der Waals surface area (Å²) in [5.74, 6) is 0. The molecule has 0 saturated heterocycles. The minimum absolute atomic E-state index is 0.206. The van der Waals surface area contributed by atoms with Crippen molar-refractivity contribution in [3.8, 4) is 0 Å². The van der Waals surface area contributed by atoms with Crippen LogP contribution in [0.15, 0.2) is 0 Å². The van der Waals surface area contributed by atoms with Gasteiger partial charge in [0.1, 0.15) is 0 Å². The third-order valence-electron chi connectivity index (χ3n) is 8.04. The van der Waals surface area contributed by atoms with Gasteiger partial charge < -0.3 is 0 Å². The van der Waals surface area contributed by atoms with E-state index in [4.69, 9.17) is 0 Å². The van der Waals surface area contributed by atoms with Crippen molar-refractivity contribution in [3.05, 3.63) is 0 Å². The number of rotatable bonds is 28. The van der Waals surface area contributed by atoms with E-state index in [-0.39, 0.29) is 11.1 Å². The van der Waals surface area contributed by atoms with Crippen molar-refractivity contribution in [3.63, 3.8) is 0 Å². The summed E-state index contributed by atoms with van der Waals surface area (Å²) in [5, 5.41) is 8.17. The molecule has 0 rings (SSSR count). The summed E-state index contributed by atoms with van der Waals surface area (Å²) in [6, 6.07) is 0. The maximum absolute atomic E-state index is 4.09. The van der Waals surface area contributed by atoms with Crippen molar-refractivity contribution < 1.29 is 0 Å². The molecule has 0 heterocycles. The number of unbranched alkanes of at least 4 members (excludes halogenated alkanes) is 18. The Morgan fingerprint density at radius 2 is 0.667 bits per heavy atom. The summed E-state index contributed by atoms with van der Waals surface area (Å²) in [6.07, 6.45) is 33.6. The van der Waals surface area contributed by atoms with Crippen LogP contribution in [-0.2, 0) is 0 Å². The summed E-state index contributed by atoms with van der Waals surface area (Å²) < 4.78 is 0. The first-order chi connectivity index (χ1) is 17.3. The summed E-state index contributed by atoms with van der Waals surface area (Å²) in [6.45, 7) is 16.7. The lowest BCUT2D eigenvalue weighted by Crippen LogP contribution is -2.58. The van der Waals surface area contributed by atoms with Gasteiger partial charge in [0.15, 0.2) is 0 Å². The first kappa shape index (κ1) is 35.9. The van der Waals surface area contributed by atoms with Gasteiger partial charge in [-0.25, -0.2) is 0 Å². The largest absolute Gasteiger partial charge is 0.297 e. The molecular weight excluding hydrogens is 436 g/mol. The van der Waals surface area contributed by atoms with Crippen LogP contribution in [0.3, 0.4) is 0 Å². The van der Waals surface area contributed by atoms with Gasteiger partial charge in [-0.15, -0.1) is 0 Å². The molecule has 0 radical (unpaired) electrons. The maximum Gasteiger partial charge on any atom is 0.0579 e. The number of nitrogens with one attached hydrogen (secondary N) is 2. The van der Waals surface area contributed by atoms with E-state index in [1.165, 1.54) is 154 Å². The second kappa shape index (κ2) is 24.0. The zero-order valence-electron chi connectivity index (χ0n) is 26.5.